The quantitative estimate of drug-likeness (QED) is 0.673. The lowest BCUT2D eigenvalue weighted by molar-refractivity contribution is 0.212. The average molecular weight is 194 g/mol. The third kappa shape index (κ3) is 4.11. The molecule has 0 saturated heterocycles. The highest BCUT2D eigenvalue weighted by molar-refractivity contribution is 4.75. The van der Waals surface area contributed by atoms with Crippen LogP contribution in [0.2, 0.25) is 0 Å². The van der Waals surface area contributed by atoms with Crippen molar-refractivity contribution in [2.45, 2.75) is 45.4 Å². The Morgan fingerprint density at radius 2 is 2.00 bits per heavy atom. The molecular weight excluding hydrogens is 172 g/mol. The minimum absolute atomic E-state index is 0.681. The predicted molar refractivity (Wildman–Crippen MR) is 58.9 cm³/mol. The molecule has 1 aliphatic rings. The third-order valence-electron chi connectivity index (χ3n) is 3.23. The highest BCUT2D eigenvalue weighted by atomic mass is 15.1. The second-order valence-corrected chi connectivity index (χ2v) is 4.31. The Bertz CT molecular complexity index is 177. The van der Waals surface area contributed by atoms with Crippen LogP contribution in [-0.4, -0.2) is 24.5 Å². The van der Waals surface area contributed by atoms with E-state index in [1.165, 1.54) is 38.6 Å². The van der Waals surface area contributed by atoms with Crippen LogP contribution in [0.1, 0.15) is 45.4 Å². The van der Waals surface area contributed by atoms with Gasteiger partial charge in [-0.05, 0) is 25.3 Å². The number of nitriles is 1. The molecular formula is C12H22N2. The first-order valence-electron chi connectivity index (χ1n) is 5.96. The van der Waals surface area contributed by atoms with Crippen LogP contribution in [0.15, 0.2) is 0 Å². The summed E-state index contributed by atoms with van der Waals surface area (Å²) in [6, 6.07) is 2.23. The molecule has 2 nitrogen and oxygen atoms in total. The standard InChI is InChI=1S/C12H22N2/c1-2-14(10-6-9-13)11-12-7-4-3-5-8-12/h12H,2-8,10-11H2,1H3. The van der Waals surface area contributed by atoms with Gasteiger partial charge in [0.2, 0.25) is 0 Å². The molecule has 0 aromatic heterocycles. The van der Waals surface area contributed by atoms with Crippen molar-refractivity contribution in [3.05, 3.63) is 0 Å². The molecule has 0 spiro atoms. The molecule has 0 aromatic rings. The Morgan fingerprint density at radius 1 is 1.29 bits per heavy atom. The summed E-state index contributed by atoms with van der Waals surface area (Å²) in [6.07, 6.45) is 7.76. The highest BCUT2D eigenvalue weighted by Crippen LogP contribution is 2.24. The van der Waals surface area contributed by atoms with Crippen molar-refractivity contribution < 1.29 is 0 Å². The maximum Gasteiger partial charge on any atom is 0.0635 e. The molecule has 1 aliphatic carbocycles. The molecule has 0 aliphatic heterocycles. The minimum atomic E-state index is 0.681. The molecule has 1 fully saturated rings. The first-order chi connectivity index (χ1) is 6.86. The summed E-state index contributed by atoms with van der Waals surface area (Å²) >= 11 is 0. The Morgan fingerprint density at radius 3 is 2.57 bits per heavy atom. The lowest BCUT2D eigenvalue weighted by atomic mass is 9.89. The smallest absolute Gasteiger partial charge is 0.0635 e. The fourth-order valence-electron chi connectivity index (χ4n) is 2.32. The summed E-state index contributed by atoms with van der Waals surface area (Å²) in [7, 11) is 0. The van der Waals surface area contributed by atoms with E-state index in [1.807, 2.05) is 0 Å². The maximum atomic E-state index is 8.54. The fourth-order valence-corrected chi connectivity index (χ4v) is 2.32. The summed E-state index contributed by atoms with van der Waals surface area (Å²) in [4.78, 5) is 2.43. The van der Waals surface area contributed by atoms with Gasteiger partial charge in [0.25, 0.3) is 0 Å². The first-order valence-corrected chi connectivity index (χ1v) is 5.96. The van der Waals surface area contributed by atoms with Crippen LogP contribution >= 0.6 is 0 Å². The molecule has 80 valence electrons. The van der Waals surface area contributed by atoms with Crippen molar-refractivity contribution in [3.8, 4) is 6.07 Å². The lowest BCUT2D eigenvalue weighted by Crippen LogP contribution is -2.31. The maximum absolute atomic E-state index is 8.54. The van der Waals surface area contributed by atoms with E-state index >= 15 is 0 Å². The van der Waals surface area contributed by atoms with Gasteiger partial charge in [0.15, 0.2) is 0 Å². The average Bonchev–Trinajstić information content (AvgIpc) is 2.25. The summed E-state index contributed by atoms with van der Waals surface area (Å²) in [5, 5.41) is 8.54. The molecule has 0 radical (unpaired) electrons. The topological polar surface area (TPSA) is 27.0 Å². The number of hydrogen-bond acceptors (Lipinski definition) is 2. The second kappa shape index (κ2) is 6.84. The molecule has 2 heteroatoms. The van der Waals surface area contributed by atoms with Gasteiger partial charge in [-0.3, -0.25) is 0 Å². The normalized spacial score (nSPS) is 18.4. The predicted octanol–water partition coefficient (Wildman–Crippen LogP) is 2.80. The zero-order chi connectivity index (χ0) is 10.2. The second-order valence-electron chi connectivity index (χ2n) is 4.31. The van der Waals surface area contributed by atoms with Gasteiger partial charge in [-0.1, -0.05) is 26.2 Å². The minimum Gasteiger partial charge on any atom is -0.302 e. The van der Waals surface area contributed by atoms with Gasteiger partial charge in [-0.15, -0.1) is 0 Å². The Labute approximate surface area is 87.9 Å². The van der Waals surface area contributed by atoms with E-state index in [0.717, 1.165) is 19.0 Å². The zero-order valence-corrected chi connectivity index (χ0v) is 9.34. The van der Waals surface area contributed by atoms with E-state index in [0.29, 0.717) is 6.42 Å². The van der Waals surface area contributed by atoms with E-state index in [9.17, 15) is 0 Å². The largest absolute Gasteiger partial charge is 0.302 e. The number of hydrogen-bond donors (Lipinski definition) is 0. The molecule has 0 atom stereocenters. The summed E-state index contributed by atoms with van der Waals surface area (Å²) in [6.45, 7) is 5.47. The van der Waals surface area contributed by atoms with Crippen LogP contribution in [0, 0.1) is 17.2 Å². The molecule has 0 aromatic carbocycles. The lowest BCUT2D eigenvalue weighted by Gasteiger charge is -2.28. The van der Waals surface area contributed by atoms with Crippen LogP contribution in [-0.2, 0) is 0 Å². The summed E-state index contributed by atoms with van der Waals surface area (Å²) < 4.78 is 0. The van der Waals surface area contributed by atoms with Crippen molar-refractivity contribution in [3.63, 3.8) is 0 Å². The van der Waals surface area contributed by atoms with Crippen molar-refractivity contribution in [2.24, 2.45) is 5.92 Å². The third-order valence-corrected chi connectivity index (χ3v) is 3.23. The van der Waals surface area contributed by atoms with Crippen LogP contribution in [0.4, 0.5) is 0 Å². The highest BCUT2D eigenvalue weighted by Gasteiger charge is 2.15. The Kier molecular flexibility index (Phi) is 5.63. The molecule has 1 rings (SSSR count). The van der Waals surface area contributed by atoms with Crippen molar-refractivity contribution in [1.29, 1.82) is 5.26 Å². The molecule has 0 N–H and O–H groups in total. The van der Waals surface area contributed by atoms with Crippen LogP contribution in [0.5, 0.6) is 0 Å². The van der Waals surface area contributed by atoms with Gasteiger partial charge in [-0.25, -0.2) is 0 Å². The SMILES string of the molecule is CCN(CCC#N)CC1CCCCC1. The van der Waals surface area contributed by atoms with Gasteiger partial charge >= 0.3 is 0 Å². The van der Waals surface area contributed by atoms with Gasteiger partial charge in [0, 0.05) is 19.5 Å². The first kappa shape index (κ1) is 11.5. The summed E-state index contributed by atoms with van der Waals surface area (Å²) in [5.41, 5.74) is 0. The fraction of sp³-hybridized carbons (Fsp3) is 0.917. The van der Waals surface area contributed by atoms with E-state index in [-0.39, 0.29) is 0 Å². The molecule has 1 saturated carbocycles. The van der Waals surface area contributed by atoms with E-state index in [1.54, 1.807) is 0 Å². The molecule has 0 bridgehead atoms. The van der Waals surface area contributed by atoms with Crippen LogP contribution < -0.4 is 0 Å². The van der Waals surface area contributed by atoms with Crippen molar-refractivity contribution in [2.75, 3.05) is 19.6 Å². The summed E-state index contributed by atoms with van der Waals surface area (Å²) in [5.74, 6) is 0.905. The van der Waals surface area contributed by atoms with Gasteiger partial charge < -0.3 is 4.90 Å². The molecule has 0 unspecified atom stereocenters. The Hall–Kier alpha value is -0.550. The van der Waals surface area contributed by atoms with Gasteiger partial charge in [-0.2, -0.15) is 5.26 Å². The number of rotatable bonds is 5. The monoisotopic (exact) mass is 194 g/mol. The van der Waals surface area contributed by atoms with E-state index in [4.69, 9.17) is 5.26 Å². The van der Waals surface area contributed by atoms with Gasteiger partial charge in [0.05, 0.1) is 6.07 Å². The van der Waals surface area contributed by atoms with Crippen LogP contribution in [0.25, 0.3) is 0 Å². The van der Waals surface area contributed by atoms with Crippen molar-refractivity contribution in [1.82, 2.24) is 4.90 Å². The van der Waals surface area contributed by atoms with Crippen molar-refractivity contribution >= 4 is 0 Å². The molecule has 0 amide bonds. The Balaban J connectivity index is 2.20. The van der Waals surface area contributed by atoms with E-state index in [2.05, 4.69) is 17.9 Å². The van der Waals surface area contributed by atoms with E-state index < -0.39 is 0 Å². The molecule has 14 heavy (non-hydrogen) atoms. The zero-order valence-electron chi connectivity index (χ0n) is 9.34. The van der Waals surface area contributed by atoms with Gasteiger partial charge in [0.1, 0.15) is 0 Å². The number of nitrogens with zero attached hydrogens (tertiary/aromatic N) is 2. The van der Waals surface area contributed by atoms with Crippen LogP contribution in [0.3, 0.4) is 0 Å². The molecule has 0 heterocycles.